The molecule has 0 aliphatic heterocycles. The molecular formula is C26H29N2O3P. The summed E-state index contributed by atoms with van der Waals surface area (Å²) >= 11 is 0. The van der Waals surface area contributed by atoms with E-state index in [0.717, 1.165) is 16.2 Å². The molecule has 0 bridgehead atoms. The molecule has 0 saturated heterocycles. The van der Waals surface area contributed by atoms with Crippen LogP contribution in [0.4, 0.5) is 0 Å². The standard InChI is InChI=1S/C26H29N2O3P/c1-19(18-29)27-26(30)24-17-23(24)25(20-11-5-2-6-12-20)28-32(31,21-13-7-3-8-14-21)22-15-9-4-10-16-22/h2-16,19,23-25,29H,17-18H2,1H3,(H,27,30)(H,28,31)/t19-,23+,24+,25-/m1/s1. The Kier molecular flexibility index (Phi) is 6.90. The highest BCUT2D eigenvalue weighted by Crippen LogP contribution is 2.52. The number of benzene rings is 3. The van der Waals surface area contributed by atoms with Crippen molar-refractivity contribution >= 4 is 23.8 Å². The Balaban J connectivity index is 1.69. The van der Waals surface area contributed by atoms with Crippen LogP contribution in [0.2, 0.25) is 0 Å². The quantitative estimate of drug-likeness (QED) is 0.439. The summed E-state index contributed by atoms with van der Waals surface area (Å²) in [6.07, 6.45) is 0.708. The molecule has 32 heavy (non-hydrogen) atoms. The third kappa shape index (κ3) is 4.86. The molecule has 1 aliphatic carbocycles. The molecule has 1 amide bonds. The number of carbonyl (C=O) groups is 1. The zero-order valence-corrected chi connectivity index (χ0v) is 19.0. The van der Waals surface area contributed by atoms with Crippen LogP contribution in [0.3, 0.4) is 0 Å². The van der Waals surface area contributed by atoms with Crippen LogP contribution in [0, 0.1) is 11.8 Å². The van der Waals surface area contributed by atoms with Crippen molar-refractivity contribution in [3.8, 4) is 0 Å². The van der Waals surface area contributed by atoms with Gasteiger partial charge in [0.1, 0.15) is 0 Å². The molecule has 4 rings (SSSR count). The number of amides is 1. The highest BCUT2D eigenvalue weighted by molar-refractivity contribution is 7.76. The Bertz CT molecular complexity index is 1030. The minimum absolute atomic E-state index is 0.0176. The molecule has 3 aromatic rings. The molecule has 1 saturated carbocycles. The van der Waals surface area contributed by atoms with Crippen molar-refractivity contribution < 1.29 is 14.5 Å². The first-order valence-electron chi connectivity index (χ1n) is 11.0. The van der Waals surface area contributed by atoms with Gasteiger partial charge in [-0.1, -0.05) is 66.7 Å². The molecule has 0 radical (unpaired) electrons. The van der Waals surface area contributed by atoms with Crippen molar-refractivity contribution in [2.45, 2.75) is 25.4 Å². The van der Waals surface area contributed by atoms with Gasteiger partial charge in [0.25, 0.3) is 0 Å². The van der Waals surface area contributed by atoms with Crippen LogP contribution in [-0.2, 0) is 9.36 Å². The van der Waals surface area contributed by atoms with E-state index in [9.17, 15) is 14.5 Å². The van der Waals surface area contributed by atoms with E-state index in [1.165, 1.54) is 0 Å². The first kappa shape index (κ1) is 22.5. The van der Waals surface area contributed by atoms with E-state index < -0.39 is 7.29 Å². The Hall–Kier alpha value is -2.72. The predicted molar refractivity (Wildman–Crippen MR) is 128 cm³/mol. The molecule has 6 heteroatoms. The molecule has 5 nitrogen and oxygen atoms in total. The zero-order valence-electron chi connectivity index (χ0n) is 18.1. The maximum atomic E-state index is 14.6. The molecule has 1 aliphatic rings. The van der Waals surface area contributed by atoms with Crippen molar-refractivity contribution in [3.63, 3.8) is 0 Å². The second-order valence-corrected chi connectivity index (χ2v) is 10.9. The van der Waals surface area contributed by atoms with E-state index in [-0.39, 0.29) is 36.4 Å². The van der Waals surface area contributed by atoms with Crippen molar-refractivity contribution in [3.05, 3.63) is 96.6 Å². The molecule has 0 spiro atoms. The van der Waals surface area contributed by atoms with Crippen molar-refractivity contribution in [1.29, 1.82) is 0 Å². The highest BCUT2D eigenvalue weighted by Gasteiger charge is 2.50. The Morgan fingerprint density at radius 2 is 1.44 bits per heavy atom. The third-order valence-corrected chi connectivity index (χ3v) is 8.68. The average Bonchev–Trinajstić information content (AvgIpc) is 3.65. The van der Waals surface area contributed by atoms with Crippen LogP contribution in [0.15, 0.2) is 91.0 Å². The van der Waals surface area contributed by atoms with Crippen LogP contribution in [-0.4, -0.2) is 23.7 Å². The lowest BCUT2D eigenvalue weighted by Crippen LogP contribution is -2.37. The molecule has 0 aromatic heterocycles. The fourth-order valence-corrected chi connectivity index (χ4v) is 6.64. The maximum absolute atomic E-state index is 14.6. The van der Waals surface area contributed by atoms with Gasteiger partial charge in [-0.15, -0.1) is 0 Å². The molecular weight excluding hydrogens is 419 g/mol. The van der Waals surface area contributed by atoms with E-state index in [1.807, 2.05) is 91.0 Å². The summed E-state index contributed by atoms with van der Waals surface area (Å²) in [4.78, 5) is 12.7. The number of carbonyl (C=O) groups excluding carboxylic acids is 1. The van der Waals surface area contributed by atoms with Crippen LogP contribution in [0.1, 0.15) is 24.9 Å². The molecule has 1 fully saturated rings. The first-order chi connectivity index (χ1) is 15.5. The summed E-state index contributed by atoms with van der Waals surface area (Å²) in [7, 11) is -3.17. The van der Waals surface area contributed by atoms with Gasteiger partial charge < -0.3 is 10.4 Å². The molecule has 0 unspecified atom stereocenters. The maximum Gasteiger partial charge on any atom is 0.223 e. The van der Waals surface area contributed by atoms with E-state index in [1.54, 1.807) is 6.92 Å². The number of hydrogen-bond donors (Lipinski definition) is 3. The summed E-state index contributed by atoms with van der Waals surface area (Å²) < 4.78 is 14.6. The average molecular weight is 449 g/mol. The molecule has 0 heterocycles. The van der Waals surface area contributed by atoms with Gasteiger partial charge >= 0.3 is 0 Å². The van der Waals surface area contributed by atoms with E-state index in [0.29, 0.717) is 6.42 Å². The van der Waals surface area contributed by atoms with Gasteiger partial charge in [0.05, 0.1) is 6.61 Å². The summed E-state index contributed by atoms with van der Waals surface area (Å²) in [5.41, 5.74) is 1.01. The summed E-state index contributed by atoms with van der Waals surface area (Å²) in [6, 6.07) is 28.4. The largest absolute Gasteiger partial charge is 0.394 e. The number of hydrogen-bond acceptors (Lipinski definition) is 3. The van der Waals surface area contributed by atoms with Gasteiger partial charge in [0, 0.05) is 28.6 Å². The number of nitrogens with one attached hydrogen (secondary N) is 2. The summed E-state index contributed by atoms with van der Waals surface area (Å²) in [5, 5.41) is 17.1. The number of rotatable bonds is 9. The second kappa shape index (κ2) is 9.83. The Morgan fingerprint density at radius 3 is 1.94 bits per heavy atom. The highest BCUT2D eigenvalue weighted by atomic mass is 31.2. The van der Waals surface area contributed by atoms with Gasteiger partial charge in [0.2, 0.25) is 13.2 Å². The molecule has 4 atom stereocenters. The summed E-state index contributed by atoms with van der Waals surface area (Å²) in [5.74, 6) is -0.223. The number of aliphatic hydroxyl groups excluding tert-OH is 1. The van der Waals surface area contributed by atoms with E-state index in [4.69, 9.17) is 0 Å². The lowest BCUT2D eigenvalue weighted by atomic mass is 10.0. The molecule has 3 aromatic carbocycles. The topological polar surface area (TPSA) is 78.4 Å². The Morgan fingerprint density at radius 1 is 0.938 bits per heavy atom. The van der Waals surface area contributed by atoms with Gasteiger partial charge in [0.15, 0.2) is 0 Å². The van der Waals surface area contributed by atoms with Crippen LogP contribution in [0.5, 0.6) is 0 Å². The van der Waals surface area contributed by atoms with E-state index in [2.05, 4.69) is 10.4 Å². The monoisotopic (exact) mass is 448 g/mol. The van der Waals surface area contributed by atoms with Gasteiger partial charge in [-0.05, 0) is 49.1 Å². The van der Waals surface area contributed by atoms with Gasteiger partial charge in [-0.25, -0.2) is 0 Å². The van der Waals surface area contributed by atoms with Gasteiger partial charge in [-0.2, -0.15) is 0 Å². The summed E-state index contributed by atoms with van der Waals surface area (Å²) in [6.45, 7) is 1.68. The van der Waals surface area contributed by atoms with E-state index >= 15 is 0 Å². The minimum Gasteiger partial charge on any atom is -0.394 e. The van der Waals surface area contributed by atoms with Crippen LogP contribution < -0.4 is 21.0 Å². The number of aliphatic hydroxyl groups is 1. The fraction of sp³-hybridized carbons (Fsp3) is 0.269. The SMILES string of the molecule is C[C@H](CO)NC(=O)[C@H]1C[C@@H]1[C@H](NP(=O)(c1ccccc1)c1ccccc1)c1ccccc1. The normalized spacial score (nSPS) is 19.7. The second-order valence-electron chi connectivity index (χ2n) is 8.40. The Labute approximate surface area is 189 Å². The molecule has 166 valence electrons. The molecule has 3 N–H and O–H groups in total. The van der Waals surface area contributed by atoms with Crippen LogP contribution in [0.25, 0.3) is 0 Å². The third-order valence-electron chi connectivity index (χ3n) is 5.99. The lowest BCUT2D eigenvalue weighted by molar-refractivity contribution is -0.123. The van der Waals surface area contributed by atoms with Gasteiger partial charge in [-0.3, -0.25) is 14.4 Å². The fourth-order valence-electron chi connectivity index (χ4n) is 4.13. The zero-order chi connectivity index (χ0) is 22.6. The minimum atomic E-state index is -3.17. The van der Waals surface area contributed by atoms with Crippen molar-refractivity contribution in [1.82, 2.24) is 10.4 Å². The van der Waals surface area contributed by atoms with Crippen molar-refractivity contribution in [2.75, 3.05) is 6.61 Å². The predicted octanol–water partition coefficient (Wildman–Crippen LogP) is 3.38. The first-order valence-corrected chi connectivity index (χ1v) is 12.7. The smallest absolute Gasteiger partial charge is 0.223 e. The lowest BCUT2D eigenvalue weighted by Gasteiger charge is -2.28. The van der Waals surface area contributed by atoms with Crippen molar-refractivity contribution in [2.24, 2.45) is 11.8 Å². The van der Waals surface area contributed by atoms with Crippen LogP contribution >= 0.6 is 7.29 Å².